The molecule has 3 rings (SSSR count). The van der Waals surface area contributed by atoms with Crippen LogP contribution in [0.1, 0.15) is 56.0 Å². The minimum Gasteiger partial charge on any atom is -0.363 e. The zero-order chi connectivity index (χ0) is 19.6. The minimum atomic E-state index is 0.0855. The van der Waals surface area contributed by atoms with Gasteiger partial charge in [0.25, 0.3) is 0 Å². The summed E-state index contributed by atoms with van der Waals surface area (Å²) in [6, 6.07) is 1.96. The van der Waals surface area contributed by atoms with Crippen LogP contribution in [0.4, 0.5) is 5.82 Å². The van der Waals surface area contributed by atoms with Crippen molar-refractivity contribution in [3.8, 4) is 0 Å². The number of likely N-dealkylation sites (tertiary alicyclic amines) is 1. The van der Waals surface area contributed by atoms with Gasteiger partial charge in [0, 0.05) is 59.1 Å². The summed E-state index contributed by atoms with van der Waals surface area (Å²) in [5, 5.41) is 0. The van der Waals surface area contributed by atoms with E-state index in [1.807, 2.05) is 39.2 Å². The lowest BCUT2D eigenvalue weighted by Crippen LogP contribution is -2.34. The summed E-state index contributed by atoms with van der Waals surface area (Å²) < 4.78 is 0. The van der Waals surface area contributed by atoms with Crippen LogP contribution in [0.25, 0.3) is 0 Å². The van der Waals surface area contributed by atoms with Gasteiger partial charge in [0.1, 0.15) is 11.6 Å². The number of hydrogen-bond acceptors (Lipinski definition) is 5. The van der Waals surface area contributed by atoms with Crippen molar-refractivity contribution in [3.05, 3.63) is 17.6 Å². The number of anilines is 1. The van der Waals surface area contributed by atoms with Crippen LogP contribution in [-0.2, 0) is 16.1 Å². The highest BCUT2D eigenvalue weighted by molar-refractivity contribution is 5.79. The first-order valence-electron chi connectivity index (χ1n) is 9.89. The highest BCUT2D eigenvalue weighted by atomic mass is 16.2. The molecular weight excluding hydrogens is 342 g/mol. The summed E-state index contributed by atoms with van der Waals surface area (Å²) in [6.07, 6.45) is 5.98. The van der Waals surface area contributed by atoms with Crippen LogP contribution >= 0.6 is 0 Å². The van der Waals surface area contributed by atoms with E-state index in [1.165, 1.54) is 6.42 Å². The molecule has 2 amide bonds. The monoisotopic (exact) mass is 373 g/mol. The van der Waals surface area contributed by atoms with Crippen LogP contribution < -0.4 is 4.90 Å². The van der Waals surface area contributed by atoms with E-state index in [2.05, 4.69) is 4.98 Å². The SMILES string of the molecule is CN1C[C@H](c2cc(N(C)C)nc(CN(C)C(=O)C3CCCCC3)n2)CC1=O. The van der Waals surface area contributed by atoms with E-state index in [0.717, 1.165) is 37.2 Å². The van der Waals surface area contributed by atoms with E-state index in [9.17, 15) is 9.59 Å². The second kappa shape index (κ2) is 8.23. The summed E-state index contributed by atoms with van der Waals surface area (Å²) in [5.74, 6) is 2.03. The molecule has 0 unspecified atom stereocenters. The molecular formula is C20H31N5O2. The number of aromatic nitrogens is 2. The fourth-order valence-electron chi connectivity index (χ4n) is 4.02. The summed E-state index contributed by atoms with van der Waals surface area (Å²) >= 11 is 0. The lowest BCUT2D eigenvalue weighted by molar-refractivity contribution is -0.135. The van der Waals surface area contributed by atoms with Crippen molar-refractivity contribution in [2.45, 2.75) is 51.0 Å². The molecule has 148 valence electrons. The van der Waals surface area contributed by atoms with Crippen LogP contribution in [0.15, 0.2) is 6.07 Å². The predicted molar refractivity (Wildman–Crippen MR) is 104 cm³/mol. The lowest BCUT2D eigenvalue weighted by atomic mass is 9.88. The van der Waals surface area contributed by atoms with Gasteiger partial charge in [-0.25, -0.2) is 9.97 Å². The molecule has 7 nitrogen and oxygen atoms in total. The molecule has 0 spiro atoms. The lowest BCUT2D eigenvalue weighted by Gasteiger charge is -2.26. The van der Waals surface area contributed by atoms with Crippen molar-refractivity contribution in [1.29, 1.82) is 0 Å². The Balaban J connectivity index is 1.77. The maximum atomic E-state index is 12.8. The van der Waals surface area contributed by atoms with Gasteiger partial charge in [-0.2, -0.15) is 0 Å². The third kappa shape index (κ3) is 4.57. The van der Waals surface area contributed by atoms with Crippen LogP contribution in [0, 0.1) is 5.92 Å². The molecule has 0 radical (unpaired) electrons. The molecule has 1 atom stereocenters. The third-order valence-electron chi connectivity index (χ3n) is 5.71. The molecule has 1 saturated heterocycles. The maximum absolute atomic E-state index is 12.8. The first-order valence-corrected chi connectivity index (χ1v) is 9.89. The van der Waals surface area contributed by atoms with Gasteiger partial charge in [0.15, 0.2) is 0 Å². The minimum absolute atomic E-state index is 0.0855. The average Bonchev–Trinajstić information content (AvgIpc) is 3.00. The molecule has 0 bridgehead atoms. The predicted octanol–water partition coefficient (Wildman–Crippen LogP) is 2.03. The zero-order valence-corrected chi connectivity index (χ0v) is 16.9. The second-order valence-electron chi connectivity index (χ2n) is 8.17. The Hall–Kier alpha value is -2.18. The Morgan fingerprint density at radius 3 is 2.48 bits per heavy atom. The maximum Gasteiger partial charge on any atom is 0.225 e. The summed E-state index contributed by atoms with van der Waals surface area (Å²) in [4.78, 5) is 39.5. The molecule has 1 aromatic rings. The Kier molecular flexibility index (Phi) is 5.97. The Morgan fingerprint density at radius 2 is 1.89 bits per heavy atom. The number of likely N-dealkylation sites (N-methyl/N-ethyl adjacent to an activating group) is 1. The van der Waals surface area contributed by atoms with Gasteiger partial charge in [-0.3, -0.25) is 9.59 Å². The largest absolute Gasteiger partial charge is 0.363 e. The molecule has 0 aromatic carbocycles. The molecule has 2 aliphatic rings. The van der Waals surface area contributed by atoms with Crippen LogP contribution in [-0.4, -0.2) is 66.3 Å². The van der Waals surface area contributed by atoms with Gasteiger partial charge in [-0.1, -0.05) is 19.3 Å². The Labute approximate surface area is 161 Å². The Bertz CT molecular complexity index is 700. The van der Waals surface area contributed by atoms with Gasteiger partial charge < -0.3 is 14.7 Å². The number of carbonyl (C=O) groups is 2. The second-order valence-corrected chi connectivity index (χ2v) is 8.17. The van der Waals surface area contributed by atoms with Crippen LogP contribution in [0.5, 0.6) is 0 Å². The molecule has 1 saturated carbocycles. The number of rotatable bonds is 5. The van der Waals surface area contributed by atoms with Crippen molar-refractivity contribution >= 4 is 17.6 Å². The average molecular weight is 374 g/mol. The quantitative estimate of drug-likeness (QED) is 0.790. The van der Waals surface area contributed by atoms with Crippen LogP contribution in [0.2, 0.25) is 0 Å². The summed E-state index contributed by atoms with van der Waals surface area (Å²) in [6.45, 7) is 1.08. The summed E-state index contributed by atoms with van der Waals surface area (Å²) in [5.41, 5.74) is 0.889. The number of hydrogen-bond donors (Lipinski definition) is 0. The molecule has 27 heavy (non-hydrogen) atoms. The van der Waals surface area contributed by atoms with Gasteiger partial charge in [0.05, 0.1) is 12.2 Å². The Morgan fingerprint density at radius 1 is 1.19 bits per heavy atom. The highest BCUT2D eigenvalue weighted by Gasteiger charge is 2.30. The van der Waals surface area contributed by atoms with Crippen LogP contribution in [0.3, 0.4) is 0 Å². The van der Waals surface area contributed by atoms with Crippen molar-refractivity contribution in [3.63, 3.8) is 0 Å². The molecule has 7 heteroatoms. The highest BCUT2D eigenvalue weighted by Crippen LogP contribution is 2.28. The standard InChI is InChI=1S/C20H31N5O2/c1-23(2)18-11-16(15-10-19(26)24(3)12-15)21-17(22-18)13-25(4)20(27)14-8-6-5-7-9-14/h11,14-15H,5-10,12-13H2,1-4H3/t15-/m1/s1. The first-order chi connectivity index (χ1) is 12.8. The van der Waals surface area contributed by atoms with E-state index in [1.54, 1.807) is 9.80 Å². The molecule has 1 aliphatic heterocycles. The van der Waals surface area contributed by atoms with E-state index < -0.39 is 0 Å². The number of nitrogens with zero attached hydrogens (tertiary/aromatic N) is 5. The molecule has 0 N–H and O–H groups in total. The van der Waals surface area contributed by atoms with Gasteiger partial charge in [-0.15, -0.1) is 0 Å². The normalized spacial score (nSPS) is 20.8. The van der Waals surface area contributed by atoms with Crippen molar-refractivity contribution in [2.75, 3.05) is 39.6 Å². The molecule has 1 aromatic heterocycles. The molecule has 2 heterocycles. The van der Waals surface area contributed by atoms with E-state index in [4.69, 9.17) is 4.98 Å². The first kappa shape index (κ1) is 19.6. The third-order valence-corrected chi connectivity index (χ3v) is 5.71. The van der Waals surface area contributed by atoms with Gasteiger partial charge >= 0.3 is 0 Å². The van der Waals surface area contributed by atoms with Gasteiger partial charge in [0.2, 0.25) is 11.8 Å². The van der Waals surface area contributed by atoms with E-state index in [0.29, 0.717) is 25.3 Å². The topological polar surface area (TPSA) is 69.6 Å². The fourth-order valence-corrected chi connectivity index (χ4v) is 4.02. The number of carbonyl (C=O) groups excluding carboxylic acids is 2. The molecule has 1 aliphatic carbocycles. The zero-order valence-electron chi connectivity index (χ0n) is 16.9. The number of amides is 2. The van der Waals surface area contributed by atoms with Gasteiger partial charge in [-0.05, 0) is 12.8 Å². The smallest absolute Gasteiger partial charge is 0.225 e. The van der Waals surface area contributed by atoms with E-state index in [-0.39, 0.29) is 23.7 Å². The summed E-state index contributed by atoms with van der Waals surface area (Å²) in [7, 11) is 7.56. The van der Waals surface area contributed by atoms with Crippen molar-refractivity contribution in [1.82, 2.24) is 19.8 Å². The fraction of sp³-hybridized carbons (Fsp3) is 0.700. The van der Waals surface area contributed by atoms with Crippen molar-refractivity contribution < 1.29 is 9.59 Å². The van der Waals surface area contributed by atoms with Crippen molar-refractivity contribution in [2.24, 2.45) is 5.92 Å². The molecule has 2 fully saturated rings. The van der Waals surface area contributed by atoms with E-state index >= 15 is 0 Å².